The van der Waals surface area contributed by atoms with Crippen molar-refractivity contribution in [3.8, 4) is 0 Å². The number of pyridine rings is 1. The molecule has 2 aromatic rings. The first kappa shape index (κ1) is 12.6. The molecule has 0 spiro atoms. The molecule has 3 N–H and O–H groups in total. The fourth-order valence-electron chi connectivity index (χ4n) is 2.13. The van der Waals surface area contributed by atoms with Crippen LogP contribution in [0.3, 0.4) is 0 Å². The second-order valence-electron chi connectivity index (χ2n) is 4.34. The summed E-state index contributed by atoms with van der Waals surface area (Å²) in [7, 11) is 1.99. The zero-order chi connectivity index (χ0) is 12.8. The Morgan fingerprint density at radius 1 is 1.17 bits per heavy atom. The van der Waals surface area contributed by atoms with Crippen LogP contribution in [-0.2, 0) is 6.42 Å². The van der Waals surface area contributed by atoms with Crippen LogP contribution in [0.25, 0.3) is 0 Å². The zero-order valence-electron chi connectivity index (χ0n) is 10.6. The summed E-state index contributed by atoms with van der Waals surface area (Å²) in [5.74, 6) is 0.639. The number of nitrogen functional groups attached to an aromatic ring is 1. The molecule has 3 heteroatoms. The summed E-state index contributed by atoms with van der Waals surface area (Å²) in [6.45, 7) is 0. The molecule has 0 radical (unpaired) electrons. The molecule has 18 heavy (non-hydrogen) atoms. The van der Waals surface area contributed by atoms with E-state index in [9.17, 15) is 0 Å². The maximum absolute atomic E-state index is 5.86. The monoisotopic (exact) mass is 241 g/mol. The number of anilines is 1. The molecule has 0 saturated heterocycles. The highest BCUT2D eigenvalue weighted by atomic mass is 14.9. The van der Waals surface area contributed by atoms with Gasteiger partial charge in [-0.2, -0.15) is 0 Å². The molecule has 0 amide bonds. The third kappa shape index (κ3) is 3.08. The van der Waals surface area contributed by atoms with Gasteiger partial charge in [-0.3, -0.25) is 0 Å². The molecule has 1 unspecified atom stereocenters. The molecule has 2 rings (SSSR count). The Labute approximate surface area is 108 Å². The van der Waals surface area contributed by atoms with Gasteiger partial charge in [0.1, 0.15) is 5.82 Å². The van der Waals surface area contributed by atoms with Crippen LogP contribution in [0.5, 0.6) is 0 Å². The maximum Gasteiger partial charge on any atom is 0.126 e. The molecule has 0 bridgehead atoms. The summed E-state index contributed by atoms with van der Waals surface area (Å²) in [6, 6.07) is 14.8. The van der Waals surface area contributed by atoms with Crippen molar-refractivity contribution in [3.05, 3.63) is 59.8 Å². The van der Waals surface area contributed by atoms with Gasteiger partial charge in [-0.15, -0.1) is 0 Å². The van der Waals surface area contributed by atoms with Crippen molar-refractivity contribution < 1.29 is 0 Å². The molecule has 0 aliphatic heterocycles. The number of aromatic nitrogens is 1. The lowest BCUT2D eigenvalue weighted by Gasteiger charge is -2.16. The number of nitrogens with two attached hydrogens (primary N) is 1. The van der Waals surface area contributed by atoms with E-state index in [1.54, 1.807) is 6.20 Å². The molecule has 0 fully saturated rings. The standard InChI is InChI=1S/C15H19N3/c1-17-14(12-6-3-2-4-7-12)10-9-13-8-5-11-18-15(13)16/h2-8,11,14,17H,9-10H2,1H3,(H2,16,18). The smallest absolute Gasteiger partial charge is 0.126 e. The molecule has 94 valence electrons. The van der Waals surface area contributed by atoms with Crippen molar-refractivity contribution in [2.24, 2.45) is 0 Å². The van der Waals surface area contributed by atoms with Gasteiger partial charge in [-0.25, -0.2) is 4.98 Å². The van der Waals surface area contributed by atoms with Gasteiger partial charge in [0.25, 0.3) is 0 Å². The summed E-state index contributed by atoms with van der Waals surface area (Å²) >= 11 is 0. The van der Waals surface area contributed by atoms with Crippen LogP contribution in [0.1, 0.15) is 23.6 Å². The van der Waals surface area contributed by atoms with Gasteiger partial charge >= 0.3 is 0 Å². The summed E-state index contributed by atoms with van der Waals surface area (Å²) in [4.78, 5) is 4.11. The van der Waals surface area contributed by atoms with Crippen molar-refractivity contribution in [1.82, 2.24) is 10.3 Å². The Morgan fingerprint density at radius 2 is 1.94 bits per heavy atom. The zero-order valence-corrected chi connectivity index (χ0v) is 10.6. The van der Waals surface area contributed by atoms with Crippen LogP contribution in [0.4, 0.5) is 5.82 Å². The van der Waals surface area contributed by atoms with E-state index in [2.05, 4.69) is 34.6 Å². The highest BCUT2D eigenvalue weighted by Gasteiger charge is 2.09. The Morgan fingerprint density at radius 3 is 2.61 bits per heavy atom. The van der Waals surface area contributed by atoms with Crippen LogP contribution < -0.4 is 11.1 Å². The lowest BCUT2D eigenvalue weighted by atomic mass is 9.99. The van der Waals surface area contributed by atoms with Crippen LogP contribution in [0.15, 0.2) is 48.7 Å². The van der Waals surface area contributed by atoms with Crippen molar-refractivity contribution in [2.45, 2.75) is 18.9 Å². The minimum Gasteiger partial charge on any atom is -0.383 e. The first-order valence-electron chi connectivity index (χ1n) is 6.23. The summed E-state index contributed by atoms with van der Waals surface area (Å²) < 4.78 is 0. The fourth-order valence-corrected chi connectivity index (χ4v) is 2.13. The van der Waals surface area contributed by atoms with Crippen molar-refractivity contribution in [2.75, 3.05) is 12.8 Å². The van der Waals surface area contributed by atoms with E-state index >= 15 is 0 Å². The molecule has 1 atom stereocenters. The first-order valence-corrected chi connectivity index (χ1v) is 6.23. The second-order valence-corrected chi connectivity index (χ2v) is 4.34. The SMILES string of the molecule is CNC(CCc1cccnc1N)c1ccccc1. The molecule has 1 aromatic carbocycles. The number of aryl methyl sites for hydroxylation is 1. The Hall–Kier alpha value is -1.87. The van der Waals surface area contributed by atoms with E-state index in [1.165, 1.54) is 5.56 Å². The predicted molar refractivity (Wildman–Crippen MR) is 75.2 cm³/mol. The van der Waals surface area contributed by atoms with Gasteiger partial charge in [0.15, 0.2) is 0 Å². The largest absolute Gasteiger partial charge is 0.383 e. The molecular formula is C15H19N3. The Bertz CT molecular complexity index is 482. The van der Waals surface area contributed by atoms with Gasteiger partial charge in [-0.05, 0) is 37.1 Å². The molecule has 1 heterocycles. The molecular weight excluding hydrogens is 222 g/mol. The summed E-state index contributed by atoms with van der Waals surface area (Å²) in [5, 5.41) is 3.35. The molecule has 0 aliphatic carbocycles. The summed E-state index contributed by atoms with van der Waals surface area (Å²) in [5.41, 5.74) is 8.28. The molecule has 0 saturated carbocycles. The molecule has 1 aromatic heterocycles. The van der Waals surface area contributed by atoms with Crippen molar-refractivity contribution in [1.29, 1.82) is 0 Å². The van der Waals surface area contributed by atoms with Gasteiger partial charge in [0.2, 0.25) is 0 Å². The van der Waals surface area contributed by atoms with E-state index in [1.807, 2.05) is 25.2 Å². The lowest BCUT2D eigenvalue weighted by molar-refractivity contribution is 0.549. The van der Waals surface area contributed by atoms with Crippen LogP contribution >= 0.6 is 0 Å². The maximum atomic E-state index is 5.86. The number of nitrogens with zero attached hydrogens (tertiary/aromatic N) is 1. The van der Waals surface area contributed by atoms with E-state index in [4.69, 9.17) is 5.73 Å². The minimum atomic E-state index is 0.353. The molecule has 3 nitrogen and oxygen atoms in total. The Kier molecular flexibility index (Phi) is 4.31. The highest BCUT2D eigenvalue weighted by Crippen LogP contribution is 2.20. The first-order chi connectivity index (χ1) is 8.81. The van der Waals surface area contributed by atoms with Gasteiger partial charge in [0, 0.05) is 12.2 Å². The topological polar surface area (TPSA) is 50.9 Å². The van der Waals surface area contributed by atoms with Crippen LogP contribution in [0.2, 0.25) is 0 Å². The van der Waals surface area contributed by atoms with Crippen LogP contribution in [-0.4, -0.2) is 12.0 Å². The normalized spacial score (nSPS) is 12.3. The van der Waals surface area contributed by atoms with Crippen LogP contribution in [0, 0.1) is 0 Å². The predicted octanol–water partition coefficient (Wildman–Crippen LogP) is 2.56. The van der Waals surface area contributed by atoms with Crippen molar-refractivity contribution >= 4 is 5.82 Å². The van der Waals surface area contributed by atoms with Gasteiger partial charge < -0.3 is 11.1 Å². The fraction of sp³-hybridized carbons (Fsp3) is 0.267. The van der Waals surface area contributed by atoms with E-state index in [-0.39, 0.29) is 0 Å². The summed E-state index contributed by atoms with van der Waals surface area (Å²) in [6.07, 6.45) is 3.67. The van der Waals surface area contributed by atoms with E-state index in [0.717, 1.165) is 18.4 Å². The molecule has 0 aliphatic rings. The Balaban J connectivity index is 2.02. The number of benzene rings is 1. The van der Waals surface area contributed by atoms with Crippen molar-refractivity contribution in [3.63, 3.8) is 0 Å². The average molecular weight is 241 g/mol. The quantitative estimate of drug-likeness (QED) is 0.846. The van der Waals surface area contributed by atoms with Gasteiger partial charge in [-0.1, -0.05) is 36.4 Å². The number of rotatable bonds is 5. The highest BCUT2D eigenvalue weighted by molar-refractivity contribution is 5.38. The van der Waals surface area contributed by atoms with E-state index in [0.29, 0.717) is 11.9 Å². The number of hydrogen-bond acceptors (Lipinski definition) is 3. The number of hydrogen-bond donors (Lipinski definition) is 2. The minimum absolute atomic E-state index is 0.353. The lowest BCUT2D eigenvalue weighted by Crippen LogP contribution is -2.17. The van der Waals surface area contributed by atoms with Gasteiger partial charge in [0.05, 0.1) is 0 Å². The van der Waals surface area contributed by atoms with E-state index < -0.39 is 0 Å². The second kappa shape index (κ2) is 6.17. The number of nitrogens with one attached hydrogen (secondary N) is 1. The average Bonchev–Trinajstić information content (AvgIpc) is 2.42. The third-order valence-corrected chi connectivity index (χ3v) is 3.18. The third-order valence-electron chi connectivity index (χ3n) is 3.18.